The zero-order valence-electron chi connectivity index (χ0n) is 19.6. The van der Waals surface area contributed by atoms with Crippen molar-refractivity contribution in [3.63, 3.8) is 0 Å². The summed E-state index contributed by atoms with van der Waals surface area (Å²) >= 11 is 5.87. The molecule has 0 aliphatic carbocycles. The van der Waals surface area contributed by atoms with Crippen LogP contribution in [0.25, 0.3) is 0 Å². The van der Waals surface area contributed by atoms with E-state index in [2.05, 4.69) is 17.2 Å². The van der Waals surface area contributed by atoms with E-state index in [-0.39, 0.29) is 31.0 Å². The van der Waals surface area contributed by atoms with Gasteiger partial charge >= 0.3 is 35.5 Å². The van der Waals surface area contributed by atoms with Gasteiger partial charge in [0.1, 0.15) is 0 Å². The van der Waals surface area contributed by atoms with Crippen LogP contribution in [-0.2, 0) is 0 Å². The Morgan fingerprint density at radius 3 is 1.97 bits per heavy atom. The first-order valence-corrected chi connectivity index (χ1v) is 11.3. The molecule has 0 unspecified atom stereocenters. The average molecular weight is 450 g/mol. The first-order valence-electron chi connectivity index (χ1n) is 11.0. The van der Waals surface area contributed by atoms with Gasteiger partial charge in [-0.1, -0.05) is 68.4 Å². The first-order chi connectivity index (χ1) is 14.6. The molecule has 31 heavy (non-hydrogen) atoms. The minimum atomic E-state index is -0.885. The van der Waals surface area contributed by atoms with Crippen LogP contribution in [0.5, 0.6) is 0 Å². The molecular formula is C26H33ClNNaO2. The largest absolute Gasteiger partial charge is 1.00 e. The van der Waals surface area contributed by atoms with Gasteiger partial charge in [0.05, 0.1) is 5.56 Å². The van der Waals surface area contributed by atoms with E-state index >= 15 is 0 Å². The molecule has 2 aromatic rings. The summed E-state index contributed by atoms with van der Waals surface area (Å²) in [6, 6.07) is 14.6. The Balaban J connectivity index is 0.00000480. The fourth-order valence-electron chi connectivity index (χ4n) is 3.24. The Labute approximate surface area is 215 Å². The van der Waals surface area contributed by atoms with Gasteiger partial charge in [-0.05, 0) is 61.4 Å². The topological polar surface area (TPSA) is 49.3 Å². The predicted molar refractivity (Wildman–Crippen MR) is 128 cm³/mol. The van der Waals surface area contributed by atoms with Crippen LogP contribution in [-0.4, -0.2) is 17.6 Å². The number of aromatic carboxylic acids is 1. The van der Waals surface area contributed by atoms with E-state index < -0.39 is 5.97 Å². The van der Waals surface area contributed by atoms with Crippen molar-refractivity contribution in [1.29, 1.82) is 0 Å². The molecule has 0 aromatic heterocycles. The van der Waals surface area contributed by atoms with Crippen LogP contribution in [0.1, 0.15) is 81.6 Å². The van der Waals surface area contributed by atoms with Crippen molar-refractivity contribution in [3.8, 4) is 11.8 Å². The van der Waals surface area contributed by atoms with E-state index in [1.54, 1.807) is 12.1 Å². The van der Waals surface area contributed by atoms with Gasteiger partial charge < -0.3 is 11.8 Å². The van der Waals surface area contributed by atoms with Crippen LogP contribution in [0.3, 0.4) is 0 Å². The summed E-state index contributed by atoms with van der Waals surface area (Å²) in [7, 11) is 0. The monoisotopic (exact) mass is 449 g/mol. The molecule has 0 amide bonds. The Morgan fingerprint density at radius 1 is 0.839 bits per heavy atom. The molecule has 0 fully saturated rings. The van der Waals surface area contributed by atoms with E-state index in [1.165, 1.54) is 51.4 Å². The van der Waals surface area contributed by atoms with Gasteiger partial charge in [0.25, 0.3) is 0 Å². The van der Waals surface area contributed by atoms with Crippen molar-refractivity contribution in [3.05, 3.63) is 64.7 Å². The minimum Gasteiger partial charge on any atom is -1.00 e. The van der Waals surface area contributed by atoms with Crippen LogP contribution < -0.4 is 34.9 Å². The normalized spacial score (nSPS) is 9.97. The molecule has 0 saturated heterocycles. The minimum absolute atomic E-state index is 0. The number of carbonyl (C=O) groups is 1. The van der Waals surface area contributed by atoms with Crippen molar-refractivity contribution in [2.24, 2.45) is 0 Å². The summed E-state index contributed by atoms with van der Waals surface area (Å²) in [6.07, 6.45) is 12.3. The number of carboxylic acids is 1. The fraction of sp³-hybridized carbons (Fsp3) is 0.423. The second-order valence-corrected chi connectivity index (χ2v) is 7.99. The van der Waals surface area contributed by atoms with Gasteiger partial charge in [0.15, 0.2) is 0 Å². The van der Waals surface area contributed by atoms with Crippen LogP contribution >= 0.6 is 11.6 Å². The third-order valence-corrected chi connectivity index (χ3v) is 5.27. The molecule has 0 spiro atoms. The summed E-state index contributed by atoms with van der Waals surface area (Å²) in [6.45, 7) is 0.934. The molecule has 0 atom stereocenters. The maximum absolute atomic E-state index is 10.8. The van der Waals surface area contributed by atoms with Gasteiger partial charge in [0.2, 0.25) is 0 Å². The second-order valence-electron chi connectivity index (χ2n) is 7.55. The molecular weight excluding hydrogens is 417 g/mol. The molecule has 0 heterocycles. The first kappa shape index (κ1) is 27.6. The van der Waals surface area contributed by atoms with E-state index in [1.807, 2.05) is 36.4 Å². The van der Waals surface area contributed by atoms with Crippen molar-refractivity contribution >= 4 is 23.3 Å². The summed E-state index contributed by atoms with van der Waals surface area (Å²) in [5.74, 6) is 5.55. The summed E-state index contributed by atoms with van der Waals surface area (Å²) in [5, 5.41) is 13.0. The van der Waals surface area contributed by atoms with Crippen LogP contribution in [0.4, 0.5) is 5.69 Å². The molecule has 0 aliphatic heterocycles. The molecule has 5 heteroatoms. The van der Waals surface area contributed by atoms with Gasteiger partial charge in [-0.15, -0.1) is 0 Å². The predicted octanol–water partition coefficient (Wildman–Crippen LogP) is 4.52. The van der Waals surface area contributed by atoms with E-state index in [0.717, 1.165) is 35.7 Å². The van der Waals surface area contributed by atoms with Gasteiger partial charge in [-0.3, -0.25) is 0 Å². The van der Waals surface area contributed by atoms with Crippen molar-refractivity contribution in [1.82, 2.24) is 0 Å². The third kappa shape index (κ3) is 12.9. The maximum atomic E-state index is 10.8. The smallest absolute Gasteiger partial charge is 1.00 e. The number of nitrogens with one attached hydrogen (secondary N) is 1. The Kier molecular flexibility index (Phi) is 15.3. The van der Waals surface area contributed by atoms with Gasteiger partial charge in [-0.25, -0.2) is 4.79 Å². The summed E-state index contributed by atoms with van der Waals surface area (Å²) in [4.78, 5) is 10.8. The molecule has 0 radical (unpaired) electrons. The van der Waals surface area contributed by atoms with Crippen LogP contribution in [0.15, 0.2) is 48.5 Å². The van der Waals surface area contributed by atoms with Crippen molar-refractivity contribution < 1.29 is 40.9 Å². The molecule has 2 aromatic carbocycles. The molecule has 0 saturated carbocycles. The summed E-state index contributed by atoms with van der Waals surface area (Å²) < 4.78 is 0. The standard InChI is InChI=1S/C26H32ClNO2.Na.H/c27-24-17-13-22(14-18-24)12-10-8-6-4-2-1-3-5-7-9-11-21-28-25-19-15-23(16-20-25)26(29)30;;/h13-20,28H,1-9,11,21H2,(H,29,30);;/q;+1;-1. The summed E-state index contributed by atoms with van der Waals surface area (Å²) in [5.41, 5.74) is 2.34. The Morgan fingerprint density at radius 2 is 1.39 bits per heavy atom. The van der Waals surface area contributed by atoms with Crippen LogP contribution in [0, 0.1) is 11.8 Å². The van der Waals surface area contributed by atoms with Gasteiger partial charge in [-0.2, -0.15) is 0 Å². The van der Waals surface area contributed by atoms with Crippen LogP contribution in [0.2, 0.25) is 5.02 Å². The number of unbranched alkanes of at least 4 members (excludes halogenated alkanes) is 9. The SMILES string of the molecule is O=C(O)c1ccc(NCCCCCCCCCCCC#Cc2ccc(Cl)cc2)cc1.[H-].[Na+]. The molecule has 2 N–H and O–H groups in total. The molecule has 0 aliphatic rings. The number of benzene rings is 2. The van der Waals surface area contributed by atoms with E-state index in [4.69, 9.17) is 16.7 Å². The van der Waals surface area contributed by atoms with Crippen molar-refractivity contribution in [2.45, 2.75) is 64.2 Å². The number of hydrogen-bond acceptors (Lipinski definition) is 2. The number of hydrogen-bond donors (Lipinski definition) is 2. The Bertz CT molecular complexity index is 816. The maximum Gasteiger partial charge on any atom is 1.00 e. The van der Waals surface area contributed by atoms with E-state index in [9.17, 15) is 4.79 Å². The third-order valence-electron chi connectivity index (χ3n) is 5.02. The number of carboxylic acid groups (broad SMARTS) is 1. The molecule has 2 rings (SSSR count). The molecule has 0 bridgehead atoms. The van der Waals surface area contributed by atoms with Gasteiger partial charge in [0, 0.05) is 29.2 Å². The zero-order valence-corrected chi connectivity index (χ0v) is 21.4. The molecule has 162 valence electrons. The second kappa shape index (κ2) is 17.2. The quantitative estimate of drug-likeness (QED) is 0.268. The van der Waals surface area contributed by atoms with E-state index in [0.29, 0.717) is 5.56 Å². The Hall–Kier alpha value is -1.44. The number of anilines is 1. The number of halogens is 1. The average Bonchev–Trinajstić information content (AvgIpc) is 2.75. The zero-order chi connectivity index (χ0) is 21.4. The number of rotatable bonds is 13. The van der Waals surface area contributed by atoms with Crippen molar-refractivity contribution in [2.75, 3.05) is 11.9 Å². The fourth-order valence-corrected chi connectivity index (χ4v) is 3.36. The molecule has 3 nitrogen and oxygen atoms in total.